The lowest BCUT2D eigenvalue weighted by Crippen LogP contribution is -2.36. The lowest BCUT2D eigenvalue weighted by atomic mass is 10.1. The molecule has 28 heavy (non-hydrogen) atoms. The number of hydrogen-bond acceptors (Lipinski definition) is 5. The summed E-state index contributed by atoms with van der Waals surface area (Å²) in [5.41, 5.74) is 1.20. The molecule has 3 aromatic rings. The lowest BCUT2D eigenvalue weighted by Gasteiger charge is -2.26. The average molecular weight is 388 g/mol. The molecule has 2 unspecified atom stereocenters. The molecule has 2 aliphatic rings. The smallest absolute Gasteiger partial charge is 0.354 e. The van der Waals surface area contributed by atoms with Crippen LogP contribution in [0, 0.1) is 12.8 Å². The van der Waals surface area contributed by atoms with Crippen molar-refractivity contribution in [3.8, 4) is 0 Å². The van der Waals surface area contributed by atoms with Crippen LogP contribution in [0.3, 0.4) is 0 Å². The number of hydrogen-bond donors (Lipinski definition) is 0. The molecule has 0 N–H and O–H groups in total. The third kappa shape index (κ3) is 2.76. The molecule has 146 valence electrons. The van der Waals surface area contributed by atoms with Crippen molar-refractivity contribution in [3.63, 3.8) is 0 Å². The second-order valence-corrected chi connectivity index (χ2v) is 7.48. The van der Waals surface area contributed by atoms with Gasteiger partial charge in [-0.3, -0.25) is 0 Å². The molecule has 0 amide bonds. The molecule has 5 rings (SSSR count). The van der Waals surface area contributed by atoms with Crippen molar-refractivity contribution in [2.75, 3.05) is 29.4 Å². The normalized spacial score (nSPS) is 22.3. The second kappa shape index (κ2) is 6.08. The summed E-state index contributed by atoms with van der Waals surface area (Å²) in [4.78, 5) is 13.1. The van der Waals surface area contributed by atoms with E-state index in [1.165, 1.54) is 6.07 Å². The van der Waals surface area contributed by atoms with Gasteiger partial charge in [0, 0.05) is 44.1 Å². The Morgan fingerprint density at radius 1 is 1.14 bits per heavy atom. The van der Waals surface area contributed by atoms with E-state index in [9.17, 15) is 13.2 Å². The Hall–Kier alpha value is -2.84. The molecule has 5 heterocycles. The van der Waals surface area contributed by atoms with E-state index < -0.39 is 11.7 Å². The Bertz CT molecular complexity index is 1010. The van der Waals surface area contributed by atoms with Crippen LogP contribution in [0.1, 0.15) is 17.7 Å². The van der Waals surface area contributed by atoms with Gasteiger partial charge >= 0.3 is 6.18 Å². The topological polar surface area (TPSA) is 49.6 Å². The first kappa shape index (κ1) is 17.3. The van der Waals surface area contributed by atoms with Gasteiger partial charge in [-0.05, 0) is 31.5 Å². The zero-order chi connectivity index (χ0) is 19.5. The fourth-order valence-electron chi connectivity index (χ4n) is 4.40. The first-order valence-electron chi connectivity index (χ1n) is 9.26. The number of aromatic nitrogens is 4. The molecule has 9 heteroatoms. The molecule has 0 radical (unpaired) electrons. The highest BCUT2D eigenvalue weighted by Gasteiger charge is 2.43. The van der Waals surface area contributed by atoms with Gasteiger partial charge in [-0.2, -0.15) is 18.3 Å². The van der Waals surface area contributed by atoms with Crippen LogP contribution in [0.4, 0.5) is 24.8 Å². The monoisotopic (exact) mass is 388 g/mol. The third-order valence-corrected chi connectivity index (χ3v) is 5.71. The average Bonchev–Trinajstić information content (AvgIpc) is 3.33. The molecule has 2 fully saturated rings. The van der Waals surface area contributed by atoms with E-state index in [0.29, 0.717) is 11.7 Å². The van der Waals surface area contributed by atoms with Gasteiger partial charge in [-0.25, -0.2) is 14.5 Å². The first-order chi connectivity index (χ1) is 13.4. The van der Waals surface area contributed by atoms with Gasteiger partial charge in [0.15, 0.2) is 5.82 Å². The lowest BCUT2D eigenvalue weighted by molar-refractivity contribution is -0.137. The van der Waals surface area contributed by atoms with E-state index in [0.717, 1.165) is 55.3 Å². The summed E-state index contributed by atoms with van der Waals surface area (Å²) in [5.74, 6) is 1.95. The quantitative estimate of drug-likeness (QED) is 0.675. The van der Waals surface area contributed by atoms with Crippen LogP contribution in [0.5, 0.6) is 0 Å². The fourth-order valence-corrected chi connectivity index (χ4v) is 4.40. The molecule has 2 saturated heterocycles. The molecule has 0 bridgehead atoms. The SMILES string of the molecule is Cc1cc2c(N3CCC4CN(c5ccc(C(F)(F)F)cn5)CC43)nccn2n1. The van der Waals surface area contributed by atoms with Gasteiger partial charge in [0.05, 0.1) is 17.3 Å². The highest BCUT2D eigenvalue weighted by Crippen LogP contribution is 2.37. The largest absolute Gasteiger partial charge is 0.417 e. The van der Waals surface area contributed by atoms with E-state index in [1.807, 2.05) is 23.7 Å². The minimum atomic E-state index is -4.36. The van der Waals surface area contributed by atoms with Crippen molar-refractivity contribution in [1.82, 2.24) is 19.6 Å². The van der Waals surface area contributed by atoms with Gasteiger partial charge in [0.1, 0.15) is 11.3 Å². The van der Waals surface area contributed by atoms with Crippen LogP contribution in [-0.2, 0) is 6.18 Å². The summed E-state index contributed by atoms with van der Waals surface area (Å²) in [6, 6.07) is 4.86. The number of alkyl halides is 3. The molecule has 0 spiro atoms. The van der Waals surface area contributed by atoms with E-state index >= 15 is 0 Å². The van der Waals surface area contributed by atoms with Crippen LogP contribution in [-0.4, -0.2) is 45.3 Å². The Labute approximate surface area is 159 Å². The minimum absolute atomic E-state index is 0.262. The van der Waals surface area contributed by atoms with Crippen molar-refractivity contribution in [2.24, 2.45) is 5.92 Å². The van der Waals surface area contributed by atoms with Crippen LogP contribution >= 0.6 is 0 Å². The molecule has 0 saturated carbocycles. The highest BCUT2D eigenvalue weighted by molar-refractivity contribution is 5.70. The summed E-state index contributed by atoms with van der Waals surface area (Å²) >= 11 is 0. The molecule has 6 nitrogen and oxygen atoms in total. The minimum Gasteiger partial charge on any atom is -0.354 e. The van der Waals surface area contributed by atoms with Crippen LogP contribution < -0.4 is 9.80 Å². The maximum atomic E-state index is 12.8. The summed E-state index contributed by atoms with van der Waals surface area (Å²) in [6.45, 7) is 4.39. The zero-order valence-corrected chi connectivity index (χ0v) is 15.3. The first-order valence-corrected chi connectivity index (χ1v) is 9.26. The predicted molar refractivity (Wildman–Crippen MR) is 98.4 cm³/mol. The molecular weight excluding hydrogens is 369 g/mol. The van der Waals surface area contributed by atoms with Crippen molar-refractivity contribution in [1.29, 1.82) is 0 Å². The van der Waals surface area contributed by atoms with Crippen molar-refractivity contribution in [2.45, 2.75) is 25.6 Å². The predicted octanol–water partition coefficient (Wildman–Crippen LogP) is 3.17. The number of pyridine rings is 1. The van der Waals surface area contributed by atoms with Gasteiger partial charge < -0.3 is 9.80 Å². The maximum absolute atomic E-state index is 12.8. The number of halogens is 3. The van der Waals surface area contributed by atoms with Crippen LogP contribution in [0.25, 0.3) is 5.52 Å². The van der Waals surface area contributed by atoms with Gasteiger partial charge in [0.2, 0.25) is 0 Å². The second-order valence-electron chi connectivity index (χ2n) is 7.48. The van der Waals surface area contributed by atoms with E-state index in [1.54, 1.807) is 6.20 Å². The molecule has 2 atom stereocenters. The zero-order valence-electron chi connectivity index (χ0n) is 15.3. The van der Waals surface area contributed by atoms with Gasteiger partial charge in [0.25, 0.3) is 0 Å². The molecule has 3 aromatic heterocycles. The Morgan fingerprint density at radius 3 is 2.75 bits per heavy atom. The van der Waals surface area contributed by atoms with E-state index in [4.69, 9.17) is 0 Å². The van der Waals surface area contributed by atoms with Crippen LogP contribution in [0.2, 0.25) is 0 Å². The number of rotatable bonds is 2. The molecule has 0 aliphatic carbocycles. The summed E-state index contributed by atoms with van der Waals surface area (Å²) < 4.78 is 40.2. The van der Waals surface area contributed by atoms with Crippen molar-refractivity contribution >= 4 is 17.2 Å². The molecule has 2 aliphatic heterocycles. The Morgan fingerprint density at radius 2 is 2.00 bits per heavy atom. The Balaban J connectivity index is 1.40. The number of nitrogens with zero attached hydrogens (tertiary/aromatic N) is 6. The van der Waals surface area contributed by atoms with Crippen LogP contribution in [0.15, 0.2) is 36.8 Å². The third-order valence-electron chi connectivity index (χ3n) is 5.71. The van der Waals surface area contributed by atoms with E-state index in [2.05, 4.69) is 24.9 Å². The highest BCUT2D eigenvalue weighted by atomic mass is 19.4. The molecule has 0 aromatic carbocycles. The molecular formula is C19H19F3N6. The number of aryl methyl sites for hydroxylation is 1. The van der Waals surface area contributed by atoms with Crippen molar-refractivity contribution < 1.29 is 13.2 Å². The number of fused-ring (bicyclic) bond motifs is 2. The summed E-state index contributed by atoms with van der Waals surface area (Å²) in [5, 5.41) is 4.46. The fraction of sp³-hybridized carbons (Fsp3) is 0.421. The summed E-state index contributed by atoms with van der Waals surface area (Å²) in [7, 11) is 0. The maximum Gasteiger partial charge on any atom is 0.417 e. The van der Waals surface area contributed by atoms with E-state index in [-0.39, 0.29) is 6.04 Å². The van der Waals surface area contributed by atoms with Gasteiger partial charge in [-0.15, -0.1) is 0 Å². The summed E-state index contributed by atoms with van der Waals surface area (Å²) in [6.07, 6.45) is 1.17. The van der Waals surface area contributed by atoms with Gasteiger partial charge in [-0.1, -0.05) is 0 Å². The van der Waals surface area contributed by atoms with Crippen molar-refractivity contribution in [3.05, 3.63) is 48.0 Å². The number of anilines is 2. The standard InChI is InChI=1S/C19H19F3N6/c1-12-8-15-18(23-5-7-28(15)25-12)27-6-4-13-10-26(11-16(13)27)17-3-2-14(9-24-17)19(20,21)22/h2-3,5,7-9,13,16H,4,6,10-11H2,1H3. The Kier molecular flexibility index (Phi) is 3.75.